The van der Waals surface area contributed by atoms with Gasteiger partial charge < -0.3 is 15.0 Å². The van der Waals surface area contributed by atoms with Crippen molar-refractivity contribution in [1.82, 2.24) is 5.32 Å². The van der Waals surface area contributed by atoms with Gasteiger partial charge in [0.1, 0.15) is 5.75 Å². The van der Waals surface area contributed by atoms with Crippen molar-refractivity contribution in [3.05, 3.63) is 59.7 Å². The first-order valence-electron chi connectivity index (χ1n) is 9.29. The molecule has 1 aliphatic rings. The van der Waals surface area contributed by atoms with Crippen LogP contribution in [0.5, 0.6) is 5.75 Å². The first kappa shape index (κ1) is 20.7. The van der Waals surface area contributed by atoms with E-state index < -0.39 is 17.8 Å². The number of ether oxygens (including phenoxy) is 1. The second-order valence-electron chi connectivity index (χ2n) is 6.70. The molecule has 1 unspecified atom stereocenters. The summed E-state index contributed by atoms with van der Waals surface area (Å²) in [6.07, 6.45) is -4.50. The van der Waals surface area contributed by atoms with Crippen LogP contribution in [-0.4, -0.2) is 24.5 Å². The van der Waals surface area contributed by atoms with Gasteiger partial charge in [-0.25, -0.2) is 0 Å². The SMILES string of the molecule is CCC1Oc2ccccc2N(CCC(=O)NCc2cccc(C(F)(F)F)c2)C1=O. The molecule has 1 heterocycles. The zero-order valence-corrected chi connectivity index (χ0v) is 15.8. The fourth-order valence-corrected chi connectivity index (χ4v) is 3.12. The number of fused-ring (bicyclic) bond motifs is 1. The zero-order chi connectivity index (χ0) is 21.0. The molecule has 0 radical (unpaired) electrons. The number of para-hydroxylation sites is 2. The van der Waals surface area contributed by atoms with E-state index in [1.165, 1.54) is 17.0 Å². The Bertz CT molecular complexity index is 899. The van der Waals surface area contributed by atoms with E-state index in [1.54, 1.807) is 24.3 Å². The predicted molar refractivity (Wildman–Crippen MR) is 101 cm³/mol. The standard InChI is InChI=1S/C21H21F3N2O3/c1-2-17-20(28)26(16-8-3-4-9-18(16)29-17)11-10-19(27)25-13-14-6-5-7-15(12-14)21(22,23)24/h3-9,12,17H,2,10-11,13H2,1H3,(H,25,27). The highest BCUT2D eigenvalue weighted by Crippen LogP contribution is 2.34. The molecular formula is C21H21F3N2O3. The number of hydrogen-bond acceptors (Lipinski definition) is 3. The molecule has 0 aromatic heterocycles. The molecule has 2 aromatic rings. The van der Waals surface area contributed by atoms with Crippen molar-refractivity contribution in [2.24, 2.45) is 0 Å². The molecule has 1 aliphatic heterocycles. The van der Waals surface area contributed by atoms with Crippen LogP contribution in [0.3, 0.4) is 0 Å². The highest BCUT2D eigenvalue weighted by Gasteiger charge is 2.33. The summed E-state index contributed by atoms with van der Waals surface area (Å²) in [5.41, 5.74) is 0.199. The molecular weight excluding hydrogens is 385 g/mol. The number of carbonyl (C=O) groups excluding carboxylic acids is 2. The lowest BCUT2D eigenvalue weighted by Gasteiger charge is -2.33. The number of halogens is 3. The van der Waals surface area contributed by atoms with Gasteiger partial charge in [-0.1, -0.05) is 31.2 Å². The zero-order valence-electron chi connectivity index (χ0n) is 15.8. The summed E-state index contributed by atoms with van der Waals surface area (Å²) >= 11 is 0. The van der Waals surface area contributed by atoms with Crippen LogP contribution >= 0.6 is 0 Å². The van der Waals surface area contributed by atoms with Gasteiger partial charge in [-0.05, 0) is 36.2 Å². The Hall–Kier alpha value is -3.03. The molecule has 0 aliphatic carbocycles. The third kappa shape index (κ3) is 4.88. The third-order valence-electron chi connectivity index (χ3n) is 4.64. The number of nitrogens with zero attached hydrogens (tertiary/aromatic N) is 1. The first-order valence-corrected chi connectivity index (χ1v) is 9.29. The van der Waals surface area contributed by atoms with E-state index in [2.05, 4.69) is 5.32 Å². The molecule has 0 saturated carbocycles. The number of anilines is 1. The molecule has 1 N–H and O–H groups in total. The molecule has 0 saturated heterocycles. The van der Waals surface area contributed by atoms with E-state index in [0.717, 1.165) is 12.1 Å². The van der Waals surface area contributed by atoms with Crippen molar-refractivity contribution in [1.29, 1.82) is 0 Å². The lowest BCUT2D eigenvalue weighted by molar-refractivity contribution is -0.137. The number of benzene rings is 2. The minimum atomic E-state index is -4.43. The topological polar surface area (TPSA) is 58.6 Å². The van der Waals surface area contributed by atoms with Gasteiger partial charge >= 0.3 is 6.18 Å². The highest BCUT2D eigenvalue weighted by molar-refractivity contribution is 6.00. The van der Waals surface area contributed by atoms with Gasteiger partial charge in [0.25, 0.3) is 5.91 Å². The van der Waals surface area contributed by atoms with E-state index in [0.29, 0.717) is 23.4 Å². The number of carbonyl (C=O) groups is 2. The van der Waals surface area contributed by atoms with E-state index in [-0.39, 0.29) is 31.3 Å². The highest BCUT2D eigenvalue weighted by atomic mass is 19.4. The second-order valence-corrected chi connectivity index (χ2v) is 6.70. The maximum absolute atomic E-state index is 12.8. The maximum atomic E-state index is 12.8. The molecule has 29 heavy (non-hydrogen) atoms. The monoisotopic (exact) mass is 406 g/mol. The predicted octanol–water partition coefficient (Wildman–Crippen LogP) is 3.92. The smallest absolute Gasteiger partial charge is 0.416 e. The Balaban J connectivity index is 1.60. The summed E-state index contributed by atoms with van der Waals surface area (Å²) in [4.78, 5) is 26.3. The quantitative estimate of drug-likeness (QED) is 0.791. The van der Waals surface area contributed by atoms with Gasteiger partial charge in [-0.2, -0.15) is 13.2 Å². The van der Waals surface area contributed by atoms with Crippen LogP contribution in [0.2, 0.25) is 0 Å². The summed E-state index contributed by atoms with van der Waals surface area (Å²) in [6, 6.07) is 11.9. The number of hydrogen-bond donors (Lipinski definition) is 1. The summed E-state index contributed by atoms with van der Waals surface area (Å²) in [6.45, 7) is 1.98. The average Bonchev–Trinajstić information content (AvgIpc) is 2.70. The van der Waals surface area contributed by atoms with Crippen molar-refractivity contribution in [3.8, 4) is 5.75 Å². The van der Waals surface area contributed by atoms with Crippen molar-refractivity contribution >= 4 is 17.5 Å². The molecule has 0 fully saturated rings. The molecule has 154 valence electrons. The summed E-state index contributed by atoms with van der Waals surface area (Å²) in [7, 11) is 0. The lowest BCUT2D eigenvalue weighted by atomic mass is 10.1. The molecule has 2 amide bonds. The summed E-state index contributed by atoms with van der Waals surface area (Å²) in [5.74, 6) is 0.0208. The molecule has 1 atom stereocenters. The number of amides is 2. The second kappa shape index (κ2) is 8.55. The van der Waals surface area contributed by atoms with Gasteiger partial charge in [0.15, 0.2) is 6.10 Å². The third-order valence-corrected chi connectivity index (χ3v) is 4.64. The Morgan fingerprint density at radius 3 is 2.66 bits per heavy atom. The Morgan fingerprint density at radius 2 is 1.93 bits per heavy atom. The van der Waals surface area contributed by atoms with Crippen LogP contribution in [0.15, 0.2) is 48.5 Å². The van der Waals surface area contributed by atoms with E-state index >= 15 is 0 Å². The first-order chi connectivity index (χ1) is 13.8. The van der Waals surface area contributed by atoms with Crippen LogP contribution in [0.25, 0.3) is 0 Å². The van der Waals surface area contributed by atoms with Crippen LogP contribution in [0.1, 0.15) is 30.9 Å². The molecule has 2 aromatic carbocycles. The van der Waals surface area contributed by atoms with Crippen LogP contribution < -0.4 is 15.0 Å². The minimum Gasteiger partial charge on any atom is -0.478 e. The van der Waals surface area contributed by atoms with Crippen molar-refractivity contribution < 1.29 is 27.5 Å². The van der Waals surface area contributed by atoms with E-state index in [4.69, 9.17) is 4.74 Å². The largest absolute Gasteiger partial charge is 0.478 e. The van der Waals surface area contributed by atoms with Crippen LogP contribution in [-0.2, 0) is 22.3 Å². The molecule has 0 spiro atoms. The fraction of sp³-hybridized carbons (Fsp3) is 0.333. The number of rotatable bonds is 6. The van der Waals surface area contributed by atoms with Gasteiger partial charge in [-0.15, -0.1) is 0 Å². The average molecular weight is 406 g/mol. The fourth-order valence-electron chi connectivity index (χ4n) is 3.12. The Labute approximate surface area is 166 Å². The number of alkyl halides is 3. The molecule has 8 heteroatoms. The Kier molecular flexibility index (Phi) is 6.10. The van der Waals surface area contributed by atoms with Crippen LogP contribution in [0.4, 0.5) is 18.9 Å². The summed E-state index contributed by atoms with van der Waals surface area (Å²) < 4.78 is 44.0. The molecule has 3 rings (SSSR count). The van der Waals surface area contributed by atoms with E-state index in [9.17, 15) is 22.8 Å². The van der Waals surface area contributed by atoms with Gasteiger partial charge in [0.05, 0.1) is 11.3 Å². The Morgan fingerprint density at radius 1 is 1.17 bits per heavy atom. The van der Waals surface area contributed by atoms with Crippen LogP contribution in [0, 0.1) is 0 Å². The lowest BCUT2D eigenvalue weighted by Crippen LogP contribution is -2.46. The van der Waals surface area contributed by atoms with Crippen molar-refractivity contribution in [2.75, 3.05) is 11.4 Å². The minimum absolute atomic E-state index is 0.0199. The normalized spacial score (nSPS) is 16.2. The maximum Gasteiger partial charge on any atom is 0.416 e. The number of nitrogens with one attached hydrogen (secondary N) is 1. The van der Waals surface area contributed by atoms with Gasteiger partial charge in [0.2, 0.25) is 5.91 Å². The summed E-state index contributed by atoms with van der Waals surface area (Å²) in [5, 5.41) is 2.61. The van der Waals surface area contributed by atoms with Gasteiger partial charge in [-0.3, -0.25) is 9.59 Å². The van der Waals surface area contributed by atoms with Crippen molar-refractivity contribution in [2.45, 2.75) is 38.6 Å². The van der Waals surface area contributed by atoms with E-state index in [1.807, 2.05) is 6.92 Å². The van der Waals surface area contributed by atoms with Gasteiger partial charge in [0, 0.05) is 19.5 Å². The molecule has 5 nitrogen and oxygen atoms in total. The van der Waals surface area contributed by atoms with Crippen molar-refractivity contribution in [3.63, 3.8) is 0 Å². The molecule has 0 bridgehead atoms.